The van der Waals surface area contributed by atoms with Crippen molar-refractivity contribution in [3.8, 4) is 5.75 Å². The van der Waals surface area contributed by atoms with Crippen LogP contribution >= 0.6 is 0 Å². The maximum atomic E-state index is 13.3. The number of benzene rings is 2. The molecule has 0 aromatic heterocycles. The Labute approximate surface area is 172 Å². The molecule has 1 heterocycles. The molecule has 29 heavy (non-hydrogen) atoms. The van der Waals surface area contributed by atoms with Crippen molar-refractivity contribution in [2.24, 2.45) is 0 Å². The molecule has 0 aliphatic carbocycles. The molecule has 1 fully saturated rings. The second kappa shape index (κ2) is 9.89. The number of hydrogen-bond donors (Lipinski definition) is 1. The van der Waals surface area contributed by atoms with E-state index in [0.29, 0.717) is 25.9 Å². The van der Waals surface area contributed by atoms with Crippen molar-refractivity contribution < 1.29 is 17.9 Å². The number of nitrogens with one attached hydrogen (secondary N) is 1. The number of para-hydroxylation sites is 1. The van der Waals surface area contributed by atoms with Crippen molar-refractivity contribution in [1.29, 1.82) is 0 Å². The molecule has 1 aliphatic rings. The SMILES string of the molecule is COc1ccccc1CCC(CC(=O)N1CCNCC1)S(=O)(=O)c1ccccc1. The lowest BCUT2D eigenvalue weighted by Crippen LogP contribution is -2.47. The van der Waals surface area contributed by atoms with Gasteiger partial charge in [-0.2, -0.15) is 0 Å². The number of carbonyl (C=O) groups excluding carboxylic acids is 1. The normalized spacial score (nSPS) is 15.7. The molecule has 0 spiro atoms. The van der Waals surface area contributed by atoms with Crippen LogP contribution in [0.4, 0.5) is 0 Å². The number of amides is 1. The molecule has 156 valence electrons. The maximum absolute atomic E-state index is 13.3. The number of hydrogen-bond acceptors (Lipinski definition) is 5. The third-order valence-corrected chi connectivity index (χ3v) is 7.52. The summed E-state index contributed by atoms with van der Waals surface area (Å²) in [4.78, 5) is 14.8. The lowest BCUT2D eigenvalue weighted by molar-refractivity contribution is -0.131. The first-order valence-corrected chi connectivity index (χ1v) is 11.5. The molecule has 1 N–H and O–H groups in total. The van der Waals surface area contributed by atoms with Gasteiger partial charge in [-0.15, -0.1) is 0 Å². The van der Waals surface area contributed by atoms with Crippen LogP contribution < -0.4 is 10.1 Å². The summed E-state index contributed by atoms with van der Waals surface area (Å²) in [5.41, 5.74) is 0.942. The van der Waals surface area contributed by atoms with Crippen LogP contribution in [-0.2, 0) is 21.1 Å². The molecule has 0 saturated carbocycles. The van der Waals surface area contributed by atoms with Crippen LogP contribution in [0.5, 0.6) is 5.75 Å². The zero-order valence-corrected chi connectivity index (χ0v) is 17.5. The van der Waals surface area contributed by atoms with Gasteiger partial charge in [0.1, 0.15) is 5.75 Å². The van der Waals surface area contributed by atoms with Gasteiger partial charge in [-0.1, -0.05) is 36.4 Å². The largest absolute Gasteiger partial charge is 0.496 e. The third kappa shape index (κ3) is 5.36. The van der Waals surface area contributed by atoms with E-state index in [1.54, 1.807) is 42.3 Å². The van der Waals surface area contributed by atoms with Crippen molar-refractivity contribution in [2.75, 3.05) is 33.3 Å². The van der Waals surface area contributed by atoms with E-state index in [1.165, 1.54) is 0 Å². The summed E-state index contributed by atoms with van der Waals surface area (Å²) in [6, 6.07) is 16.0. The number of piperazine rings is 1. The molecule has 2 aromatic rings. The van der Waals surface area contributed by atoms with Crippen LogP contribution in [-0.4, -0.2) is 57.8 Å². The van der Waals surface area contributed by atoms with Gasteiger partial charge in [-0.25, -0.2) is 8.42 Å². The lowest BCUT2D eigenvalue weighted by Gasteiger charge is -2.29. The van der Waals surface area contributed by atoms with Crippen molar-refractivity contribution in [3.05, 3.63) is 60.2 Å². The average molecular weight is 417 g/mol. The Morgan fingerprint density at radius 2 is 1.72 bits per heavy atom. The number of methoxy groups -OCH3 is 1. The van der Waals surface area contributed by atoms with E-state index in [-0.39, 0.29) is 17.2 Å². The summed E-state index contributed by atoms with van der Waals surface area (Å²) in [6.07, 6.45) is 0.872. The highest BCUT2D eigenvalue weighted by atomic mass is 32.2. The Kier molecular flexibility index (Phi) is 7.28. The van der Waals surface area contributed by atoms with E-state index in [0.717, 1.165) is 24.4 Å². The van der Waals surface area contributed by atoms with Gasteiger partial charge >= 0.3 is 0 Å². The van der Waals surface area contributed by atoms with E-state index < -0.39 is 15.1 Å². The van der Waals surface area contributed by atoms with Crippen LogP contribution in [0.25, 0.3) is 0 Å². The highest BCUT2D eigenvalue weighted by Crippen LogP contribution is 2.26. The summed E-state index contributed by atoms with van der Waals surface area (Å²) in [6.45, 7) is 2.71. The number of sulfone groups is 1. The Hall–Kier alpha value is -2.38. The summed E-state index contributed by atoms with van der Waals surface area (Å²) in [7, 11) is -2.03. The summed E-state index contributed by atoms with van der Waals surface area (Å²) in [5, 5.41) is 2.43. The fourth-order valence-corrected chi connectivity index (χ4v) is 5.35. The summed E-state index contributed by atoms with van der Waals surface area (Å²) >= 11 is 0. The minimum absolute atomic E-state index is 0.00756. The van der Waals surface area contributed by atoms with Gasteiger partial charge in [0.15, 0.2) is 9.84 Å². The van der Waals surface area contributed by atoms with Crippen molar-refractivity contribution in [2.45, 2.75) is 29.4 Å². The van der Waals surface area contributed by atoms with Crippen LogP contribution in [0.3, 0.4) is 0 Å². The van der Waals surface area contributed by atoms with Crippen LogP contribution in [0.15, 0.2) is 59.5 Å². The minimum atomic E-state index is -3.63. The monoisotopic (exact) mass is 416 g/mol. The predicted molar refractivity (Wildman–Crippen MR) is 113 cm³/mol. The Morgan fingerprint density at radius 1 is 1.07 bits per heavy atom. The first-order chi connectivity index (χ1) is 14.0. The summed E-state index contributed by atoms with van der Waals surface area (Å²) in [5.74, 6) is 0.632. The molecule has 1 aliphatic heterocycles. The van der Waals surface area contributed by atoms with Crippen molar-refractivity contribution in [3.63, 3.8) is 0 Å². The lowest BCUT2D eigenvalue weighted by atomic mass is 10.1. The fraction of sp³-hybridized carbons (Fsp3) is 0.409. The Balaban J connectivity index is 1.81. The van der Waals surface area contributed by atoms with Gasteiger partial charge in [0.05, 0.1) is 17.3 Å². The molecule has 1 saturated heterocycles. The van der Waals surface area contributed by atoms with Gasteiger partial charge in [0.2, 0.25) is 5.91 Å². The van der Waals surface area contributed by atoms with Gasteiger partial charge in [0.25, 0.3) is 0 Å². The van der Waals surface area contributed by atoms with Crippen LogP contribution in [0, 0.1) is 0 Å². The van der Waals surface area contributed by atoms with E-state index in [9.17, 15) is 13.2 Å². The van der Waals surface area contributed by atoms with E-state index in [1.807, 2.05) is 24.3 Å². The quantitative estimate of drug-likeness (QED) is 0.715. The highest BCUT2D eigenvalue weighted by molar-refractivity contribution is 7.92. The standard InChI is InChI=1S/C22H28N2O4S/c1-28-21-10-6-5-7-18(21)11-12-20(17-22(25)24-15-13-23-14-16-24)29(26,27)19-8-3-2-4-9-19/h2-10,20,23H,11-17H2,1H3. The number of ether oxygens (including phenoxy) is 1. The first kappa shape index (κ1) is 21.3. The van der Waals surface area contributed by atoms with Gasteiger partial charge in [-0.05, 0) is 36.6 Å². The van der Waals surface area contributed by atoms with E-state index in [2.05, 4.69) is 5.32 Å². The molecule has 0 bridgehead atoms. The predicted octanol–water partition coefficient (Wildman–Crippen LogP) is 2.29. The molecule has 1 atom stereocenters. The third-order valence-electron chi connectivity index (χ3n) is 5.31. The molecule has 7 heteroatoms. The number of carbonyl (C=O) groups is 1. The second-order valence-corrected chi connectivity index (χ2v) is 9.39. The van der Waals surface area contributed by atoms with Gasteiger partial charge in [-0.3, -0.25) is 4.79 Å². The molecular weight excluding hydrogens is 388 g/mol. The maximum Gasteiger partial charge on any atom is 0.223 e. The van der Waals surface area contributed by atoms with E-state index >= 15 is 0 Å². The topological polar surface area (TPSA) is 75.7 Å². The molecule has 3 rings (SSSR count). The zero-order chi connectivity index (χ0) is 20.7. The van der Waals surface area contributed by atoms with Crippen LogP contribution in [0.1, 0.15) is 18.4 Å². The number of nitrogens with zero attached hydrogens (tertiary/aromatic N) is 1. The molecule has 1 amide bonds. The van der Waals surface area contributed by atoms with Crippen molar-refractivity contribution in [1.82, 2.24) is 10.2 Å². The number of rotatable bonds is 8. The fourth-order valence-electron chi connectivity index (χ4n) is 3.63. The molecule has 6 nitrogen and oxygen atoms in total. The molecule has 1 unspecified atom stereocenters. The molecular formula is C22H28N2O4S. The second-order valence-electron chi connectivity index (χ2n) is 7.17. The average Bonchev–Trinajstić information content (AvgIpc) is 2.77. The smallest absolute Gasteiger partial charge is 0.223 e. The van der Waals surface area contributed by atoms with Crippen molar-refractivity contribution >= 4 is 15.7 Å². The first-order valence-electron chi connectivity index (χ1n) is 9.91. The highest BCUT2D eigenvalue weighted by Gasteiger charge is 2.31. The van der Waals surface area contributed by atoms with Gasteiger partial charge < -0.3 is 15.0 Å². The minimum Gasteiger partial charge on any atom is -0.496 e. The summed E-state index contributed by atoms with van der Waals surface area (Å²) < 4.78 is 32.0. The molecule has 2 aromatic carbocycles. The Bertz CT molecular complexity index is 909. The van der Waals surface area contributed by atoms with Crippen LogP contribution in [0.2, 0.25) is 0 Å². The molecule has 0 radical (unpaired) electrons. The van der Waals surface area contributed by atoms with E-state index in [4.69, 9.17) is 4.74 Å². The zero-order valence-electron chi connectivity index (χ0n) is 16.7. The number of aryl methyl sites for hydroxylation is 1. The Morgan fingerprint density at radius 3 is 2.41 bits per heavy atom. The van der Waals surface area contributed by atoms with Gasteiger partial charge in [0, 0.05) is 32.6 Å².